The number of fused-ring (bicyclic) bond motifs is 3. The van der Waals surface area contributed by atoms with Gasteiger partial charge in [-0.2, -0.15) is 4.98 Å². The third-order valence-electron chi connectivity index (χ3n) is 7.10. The van der Waals surface area contributed by atoms with Gasteiger partial charge in [-0.1, -0.05) is 37.2 Å². The van der Waals surface area contributed by atoms with E-state index in [0.717, 1.165) is 29.5 Å². The molecule has 1 aliphatic rings. The van der Waals surface area contributed by atoms with Crippen LogP contribution >= 0.6 is 0 Å². The van der Waals surface area contributed by atoms with Gasteiger partial charge in [0.2, 0.25) is 5.82 Å². The number of nitrogens with zero attached hydrogens (tertiary/aromatic N) is 2. The van der Waals surface area contributed by atoms with E-state index >= 15 is 0 Å². The zero-order chi connectivity index (χ0) is 23.4. The van der Waals surface area contributed by atoms with Crippen LogP contribution in [0.2, 0.25) is 0 Å². The van der Waals surface area contributed by atoms with E-state index in [4.69, 9.17) is 4.52 Å². The van der Waals surface area contributed by atoms with Crippen LogP contribution in [-0.4, -0.2) is 26.2 Å². The van der Waals surface area contributed by atoms with E-state index in [-0.39, 0.29) is 11.3 Å². The fourth-order valence-electron chi connectivity index (χ4n) is 5.57. The van der Waals surface area contributed by atoms with Crippen LogP contribution in [0.1, 0.15) is 57.7 Å². The summed E-state index contributed by atoms with van der Waals surface area (Å²) >= 11 is 0. The Labute approximate surface area is 193 Å². The summed E-state index contributed by atoms with van der Waals surface area (Å²) in [6.45, 7) is 8.02. The van der Waals surface area contributed by atoms with E-state index in [9.17, 15) is 9.90 Å². The van der Waals surface area contributed by atoms with Crippen LogP contribution < -0.4 is 0 Å². The molecule has 0 spiro atoms. The molecule has 33 heavy (non-hydrogen) atoms. The summed E-state index contributed by atoms with van der Waals surface area (Å²) in [5.74, 6) is 0.624. The summed E-state index contributed by atoms with van der Waals surface area (Å²) in [5.41, 5.74) is 4.57. The minimum absolute atomic E-state index is 0.144. The molecule has 2 aromatic heterocycles. The van der Waals surface area contributed by atoms with Gasteiger partial charge in [-0.05, 0) is 74.4 Å². The number of carboxylic acids is 1. The molecule has 6 heteroatoms. The average Bonchev–Trinajstić information content (AvgIpc) is 3.48. The number of rotatable bonds is 6. The topological polar surface area (TPSA) is 92.0 Å². The number of H-pyrrole nitrogens is 1. The number of hydrogen-bond acceptors (Lipinski definition) is 4. The number of aromatic amines is 1. The van der Waals surface area contributed by atoms with Crippen molar-refractivity contribution < 1.29 is 14.4 Å². The summed E-state index contributed by atoms with van der Waals surface area (Å²) < 4.78 is 5.50. The van der Waals surface area contributed by atoms with Crippen molar-refractivity contribution in [3.8, 4) is 22.8 Å². The molecule has 4 aromatic rings. The number of nitrogens with one attached hydrogen (secondary N) is 1. The number of aliphatic carboxylic acids is 1. The summed E-state index contributed by atoms with van der Waals surface area (Å²) in [7, 11) is 0. The summed E-state index contributed by atoms with van der Waals surface area (Å²) in [5, 5.41) is 15.0. The van der Waals surface area contributed by atoms with Crippen molar-refractivity contribution in [2.45, 2.75) is 52.9 Å². The van der Waals surface area contributed by atoms with Gasteiger partial charge in [0.25, 0.3) is 5.89 Å². The van der Waals surface area contributed by atoms with Crippen LogP contribution in [0, 0.1) is 10.8 Å². The first-order chi connectivity index (χ1) is 15.7. The van der Waals surface area contributed by atoms with Crippen LogP contribution in [0.4, 0.5) is 0 Å². The third kappa shape index (κ3) is 3.73. The second-order valence-corrected chi connectivity index (χ2v) is 10.5. The quantitative estimate of drug-likeness (QED) is 0.358. The molecule has 2 aromatic carbocycles. The molecule has 0 aliphatic heterocycles. The van der Waals surface area contributed by atoms with Crippen LogP contribution in [0.5, 0.6) is 0 Å². The van der Waals surface area contributed by atoms with Crippen molar-refractivity contribution in [2.24, 2.45) is 10.8 Å². The molecule has 0 saturated heterocycles. The number of benzene rings is 2. The summed E-state index contributed by atoms with van der Waals surface area (Å²) in [4.78, 5) is 20.0. The van der Waals surface area contributed by atoms with Crippen molar-refractivity contribution in [1.29, 1.82) is 0 Å². The van der Waals surface area contributed by atoms with Crippen molar-refractivity contribution >= 4 is 16.9 Å². The van der Waals surface area contributed by atoms with Crippen molar-refractivity contribution in [3.63, 3.8) is 0 Å². The third-order valence-corrected chi connectivity index (χ3v) is 7.10. The van der Waals surface area contributed by atoms with E-state index in [0.29, 0.717) is 18.1 Å². The highest BCUT2D eigenvalue weighted by Crippen LogP contribution is 2.51. The second-order valence-electron chi connectivity index (χ2n) is 10.5. The molecular weight excluding hydrogens is 414 g/mol. The monoisotopic (exact) mass is 443 g/mol. The van der Waals surface area contributed by atoms with Crippen LogP contribution in [-0.2, 0) is 11.2 Å². The van der Waals surface area contributed by atoms with Crippen LogP contribution in [0.3, 0.4) is 0 Å². The lowest BCUT2D eigenvalue weighted by Gasteiger charge is -2.37. The molecular formula is C27H29N3O3. The van der Waals surface area contributed by atoms with Crippen molar-refractivity contribution in [2.75, 3.05) is 0 Å². The highest BCUT2D eigenvalue weighted by Gasteiger charge is 2.43. The van der Waals surface area contributed by atoms with Crippen molar-refractivity contribution in [3.05, 3.63) is 59.8 Å². The lowest BCUT2D eigenvalue weighted by Crippen LogP contribution is -2.33. The van der Waals surface area contributed by atoms with E-state index in [1.807, 2.05) is 50.2 Å². The van der Waals surface area contributed by atoms with Gasteiger partial charge in [-0.15, -0.1) is 0 Å². The first kappa shape index (κ1) is 21.4. The largest absolute Gasteiger partial charge is 0.481 e. The molecule has 6 nitrogen and oxygen atoms in total. The predicted octanol–water partition coefficient (Wildman–Crippen LogP) is 6.44. The Morgan fingerprint density at radius 1 is 1.12 bits per heavy atom. The molecule has 2 heterocycles. The van der Waals surface area contributed by atoms with Gasteiger partial charge in [-0.3, -0.25) is 4.79 Å². The van der Waals surface area contributed by atoms with Gasteiger partial charge < -0.3 is 14.6 Å². The number of carboxylic acid groups (broad SMARTS) is 1. The van der Waals surface area contributed by atoms with Crippen LogP contribution in [0.25, 0.3) is 33.7 Å². The first-order valence-electron chi connectivity index (χ1n) is 11.4. The van der Waals surface area contributed by atoms with Crippen LogP contribution in [0.15, 0.2) is 53.1 Å². The minimum Gasteiger partial charge on any atom is -0.481 e. The Balaban J connectivity index is 1.48. The summed E-state index contributed by atoms with van der Waals surface area (Å²) in [6, 6.07) is 16.0. The van der Waals surface area contributed by atoms with Gasteiger partial charge in [0.05, 0.1) is 5.41 Å². The van der Waals surface area contributed by atoms with E-state index < -0.39 is 11.4 Å². The van der Waals surface area contributed by atoms with Gasteiger partial charge in [-0.25, -0.2) is 0 Å². The Kier molecular flexibility index (Phi) is 4.92. The SMILES string of the molecule is CC(C)(CC(C)(C)C1CCc2c1[nH]c1ccc(-c3noc(-c4ccccc4)n3)cc21)C(=O)O. The zero-order valence-electron chi connectivity index (χ0n) is 19.5. The minimum atomic E-state index is -0.763. The lowest BCUT2D eigenvalue weighted by atomic mass is 9.67. The van der Waals surface area contributed by atoms with Gasteiger partial charge in [0, 0.05) is 33.6 Å². The molecule has 1 atom stereocenters. The molecule has 170 valence electrons. The second kappa shape index (κ2) is 7.58. The maximum absolute atomic E-state index is 11.7. The molecule has 2 N–H and O–H groups in total. The molecule has 0 amide bonds. The van der Waals surface area contributed by atoms with Gasteiger partial charge in [0.15, 0.2) is 0 Å². The smallest absolute Gasteiger partial charge is 0.309 e. The highest BCUT2D eigenvalue weighted by atomic mass is 16.5. The fourth-order valence-corrected chi connectivity index (χ4v) is 5.57. The molecule has 0 saturated carbocycles. The van der Waals surface area contributed by atoms with E-state index in [1.54, 1.807) is 0 Å². The Morgan fingerprint density at radius 3 is 2.61 bits per heavy atom. The standard InChI is InChI=1S/C27H29N3O3/c1-26(2,15-27(3,4)25(31)32)20-12-11-18-19-14-17(10-13-21(19)28-22(18)20)23-29-24(33-30-23)16-8-6-5-7-9-16/h5-10,13-14,20,28H,11-12,15H2,1-4H3,(H,31,32). The maximum atomic E-state index is 11.7. The number of aromatic nitrogens is 3. The van der Waals surface area contributed by atoms with E-state index in [1.165, 1.54) is 16.6 Å². The maximum Gasteiger partial charge on any atom is 0.309 e. The number of carbonyl (C=O) groups is 1. The molecule has 5 rings (SSSR count). The van der Waals surface area contributed by atoms with Crippen molar-refractivity contribution in [1.82, 2.24) is 15.1 Å². The van der Waals surface area contributed by atoms with Gasteiger partial charge >= 0.3 is 5.97 Å². The van der Waals surface area contributed by atoms with E-state index in [2.05, 4.69) is 41.1 Å². The molecule has 0 bridgehead atoms. The Hall–Kier alpha value is -3.41. The number of hydrogen-bond donors (Lipinski definition) is 2. The fraction of sp³-hybridized carbons (Fsp3) is 0.370. The normalized spacial score (nSPS) is 16.3. The Bertz CT molecular complexity index is 1330. The number of aryl methyl sites for hydroxylation is 1. The Morgan fingerprint density at radius 2 is 1.88 bits per heavy atom. The molecule has 1 unspecified atom stereocenters. The zero-order valence-corrected chi connectivity index (χ0v) is 19.5. The van der Waals surface area contributed by atoms with Gasteiger partial charge in [0.1, 0.15) is 0 Å². The first-order valence-corrected chi connectivity index (χ1v) is 11.4. The predicted molar refractivity (Wildman–Crippen MR) is 128 cm³/mol. The highest BCUT2D eigenvalue weighted by molar-refractivity contribution is 5.89. The average molecular weight is 444 g/mol. The lowest BCUT2D eigenvalue weighted by molar-refractivity contribution is -0.148. The molecule has 0 fully saturated rings. The molecule has 0 radical (unpaired) electrons. The molecule has 1 aliphatic carbocycles. The summed E-state index contributed by atoms with van der Waals surface area (Å²) in [6.07, 6.45) is 2.61.